The Labute approximate surface area is 278 Å². The van der Waals surface area contributed by atoms with Gasteiger partial charge in [0, 0.05) is 27.5 Å². The second kappa shape index (κ2) is 18.0. The van der Waals surface area contributed by atoms with Gasteiger partial charge in [-0.15, -0.1) is 0 Å². The maximum atomic E-state index is 14.1. The van der Waals surface area contributed by atoms with Gasteiger partial charge in [0.25, 0.3) is 11.8 Å². The number of nitrogens with zero attached hydrogens (tertiary/aromatic N) is 1. The van der Waals surface area contributed by atoms with Crippen LogP contribution >= 0.6 is 21.6 Å². The minimum atomic E-state index is -1.09. The molecule has 0 saturated heterocycles. The Morgan fingerprint density at radius 3 is 1.91 bits per heavy atom. The molecule has 0 heterocycles. The molecule has 3 N–H and O–H groups in total. The van der Waals surface area contributed by atoms with Crippen LogP contribution in [0.3, 0.4) is 0 Å². The normalized spacial score (nSPS) is 14.0. The number of carbonyl (C=O) groups is 4. The Bertz CT molecular complexity index is 1560. The highest BCUT2D eigenvalue weighted by Gasteiger charge is 2.30. The van der Waals surface area contributed by atoms with Crippen LogP contribution in [0.1, 0.15) is 61.3 Å². The fraction of sp³-hybridized carbons (Fsp3) is 0.278. The Balaban J connectivity index is 2.00. The van der Waals surface area contributed by atoms with Gasteiger partial charge in [0.1, 0.15) is 0 Å². The first-order chi connectivity index (χ1) is 22.1. The second-order valence-electron chi connectivity index (χ2n) is 10.8. The number of rotatable bonds is 16. The van der Waals surface area contributed by atoms with Gasteiger partial charge in [0.05, 0.1) is 23.3 Å². The number of para-hydroxylation sites is 1. The molecule has 0 aliphatic carbocycles. The van der Waals surface area contributed by atoms with Crippen molar-refractivity contribution >= 4 is 51.0 Å². The zero-order valence-electron chi connectivity index (χ0n) is 26.3. The highest BCUT2D eigenvalue weighted by Crippen LogP contribution is 2.44. The van der Waals surface area contributed by atoms with E-state index >= 15 is 0 Å². The standard InChI is InChI=1S/C36H40N2O6S2/c1-5-24(3)28(20-22-33(39)40)37-35(43)27-16-10-12-18-31(27)45-46-32-19-13-11-17-30(32)38(36(44)26-14-8-7-9-15-26)29(25(4)6-2)21-23-34(41)42/h7-25,28-29H,5-6H2,1-4H3,(H,37,43)(H,39,40)(H,41,42)/b22-20+,23-21+/t24-,25-,28+,29+/m0/s1. The molecule has 0 aliphatic rings. The molecule has 0 spiro atoms. The van der Waals surface area contributed by atoms with Crippen molar-refractivity contribution < 1.29 is 29.4 Å². The molecule has 3 aromatic carbocycles. The summed E-state index contributed by atoms with van der Waals surface area (Å²) in [6.45, 7) is 7.91. The summed E-state index contributed by atoms with van der Waals surface area (Å²) in [5, 5.41) is 21.6. The predicted molar refractivity (Wildman–Crippen MR) is 185 cm³/mol. The van der Waals surface area contributed by atoms with Gasteiger partial charge in [-0.3, -0.25) is 9.59 Å². The van der Waals surface area contributed by atoms with E-state index in [0.29, 0.717) is 28.1 Å². The SMILES string of the molecule is CC[C@H](C)[C@@H](/C=C/C(=O)O)N(C(=O)c1ccccc1)c1ccccc1SSc1ccccc1C(=O)N[C@H](/C=C/C(=O)O)[C@@H](C)CC. The Morgan fingerprint density at radius 1 is 0.739 bits per heavy atom. The molecule has 0 aromatic heterocycles. The van der Waals surface area contributed by atoms with Gasteiger partial charge in [-0.2, -0.15) is 0 Å². The van der Waals surface area contributed by atoms with Crippen molar-refractivity contribution in [3.05, 3.63) is 114 Å². The van der Waals surface area contributed by atoms with E-state index in [9.17, 15) is 24.3 Å². The number of carboxylic acids is 2. The van der Waals surface area contributed by atoms with Crippen LogP contribution in [0.4, 0.5) is 5.69 Å². The third-order valence-electron chi connectivity index (χ3n) is 7.68. The number of anilines is 1. The number of hydrogen-bond acceptors (Lipinski definition) is 6. The molecule has 0 bridgehead atoms. The van der Waals surface area contributed by atoms with Crippen molar-refractivity contribution in [2.24, 2.45) is 11.8 Å². The summed E-state index contributed by atoms with van der Waals surface area (Å²) in [4.78, 5) is 53.4. The van der Waals surface area contributed by atoms with E-state index in [-0.39, 0.29) is 23.7 Å². The molecule has 242 valence electrons. The van der Waals surface area contributed by atoms with E-state index < -0.39 is 24.0 Å². The third kappa shape index (κ3) is 10.1. The van der Waals surface area contributed by atoms with E-state index in [4.69, 9.17) is 5.11 Å². The summed E-state index contributed by atoms with van der Waals surface area (Å²) in [7, 11) is 2.75. The number of nitrogens with one attached hydrogen (secondary N) is 1. The minimum absolute atomic E-state index is 0.0161. The van der Waals surface area contributed by atoms with Gasteiger partial charge in [0.15, 0.2) is 0 Å². The lowest BCUT2D eigenvalue weighted by Gasteiger charge is -2.35. The first-order valence-electron chi connectivity index (χ1n) is 15.1. The minimum Gasteiger partial charge on any atom is -0.478 e. The molecule has 0 fully saturated rings. The molecule has 0 unspecified atom stereocenters. The van der Waals surface area contributed by atoms with Gasteiger partial charge in [-0.1, -0.05) is 117 Å². The summed E-state index contributed by atoms with van der Waals surface area (Å²) in [6.07, 6.45) is 6.65. The molecule has 2 amide bonds. The van der Waals surface area contributed by atoms with Gasteiger partial charge in [-0.25, -0.2) is 9.59 Å². The van der Waals surface area contributed by atoms with Crippen molar-refractivity contribution in [1.29, 1.82) is 0 Å². The van der Waals surface area contributed by atoms with Crippen LogP contribution < -0.4 is 10.2 Å². The van der Waals surface area contributed by atoms with Crippen LogP contribution in [0.25, 0.3) is 0 Å². The molecular formula is C36H40N2O6S2. The molecule has 0 saturated carbocycles. The lowest BCUT2D eigenvalue weighted by Crippen LogP contribution is -2.43. The van der Waals surface area contributed by atoms with E-state index in [2.05, 4.69) is 5.32 Å². The van der Waals surface area contributed by atoms with Crippen molar-refractivity contribution in [3.8, 4) is 0 Å². The summed E-state index contributed by atoms with van der Waals surface area (Å²) < 4.78 is 0. The lowest BCUT2D eigenvalue weighted by molar-refractivity contribution is -0.132. The fourth-order valence-corrected chi connectivity index (χ4v) is 7.02. The monoisotopic (exact) mass is 660 g/mol. The van der Waals surface area contributed by atoms with Crippen LogP contribution in [0.5, 0.6) is 0 Å². The number of carbonyl (C=O) groups excluding carboxylic acids is 2. The maximum Gasteiger partial charge on any atom is 0.328 e. The Hall–Kier alpha value is -4.28. The fourth-order valence-electron chi connectivity index (χ4n) is 4.67. The van der Waals surface area contributed by atoms with Crippen LogP contribution in [-0.4, -0.2) is 46.0 Å². The van der Waals surface area contributed by atoms with E-state index in [1.54, 1.807) is 47.4 Å². The maximum absolute atomic E-state index is 14.1. The van der Waals surface area contributed by atoms with Crippen molar-refractivity contribution in [3.63, 3.8) is 0 Å². The molecule has 3 aromatic rings. The first kappa shape index (κ1) is 36.2. The number of benzene rings is 3. The smallest absolute Gasteiger partial charge is 0.328 e. The van der Waals surface area contributed by atoms with Gasteiger partial charge in [0.2, 0.25) is 0 Å². The number of hydrogen-bond donors (Lipinski definition) is 3. The number of carboxylic acid groups (broad SMARTS) is 2. The topological polar surface area (TPSA) is 124 Å². The molecular weight excluding hydrogens is 621 g/mol. The van der Waals surface area contributed by atoms with E-state index in [1.165, 1.54) is 27.7 Å². The quantitative estimate of drug-likeness (QED) is 0.104. The van der Waals surface area contributed by atoms with Gasteiger partial charge in [-0.05, 0) is 48.2 Å². The zero-order valence-corrected chi connectivity index (χ0v) is 28.0. The zero-order chi connectivity index (χ0) is 33.6. The molecule has 10 heteroatoms. The summed E-state index contributed by atoms with van der Waals surface area (Å²) in [5.41, 5.74) is 1.53. The van der Waals surface area contributed by atoms with Gasteiger partial charge < -0.3 is 20.4 Å². The van der Waals surface area contributed by atoms with E-state index in [1.807, 2.05) is 70.2 Å². The van der Waals surface area contributed by atoms with Crippen molar-refractivity contribution in [1.82, 2.24) is 5.32 Å². The average molecular weight is 661 g/mol. The van der Waals surface area contributed by atoms with Crippen LogP contribution in [0, 0.1) is 11.8 Å². The van der Waals surface area contributed by atoms with E-state index in [0.717, 1.165) is 23.5 Å². The Kier molecular flexibility index (Phi) is 14.2. The highest BCUT2D eigenvalue weighted by atomic mass is 33.1. The van der Waals surface area contributed by atoms with Crippen LogP contribution in [-0.2, 0) is 9.59 Å². The largest absolute Gasteiger partial charge is 0.478 e. The van der Waals surface area contributed by atoms with Crippen molar-refractivity contribution in [2.45, 2.75) is 62.4 Å². The van der Waals surface area contributed by atoms with Crippen LogP contribution in [0.15, 0.2) is 113 Å². The van der Waals surface area contributed by atoms with Crippen LogP contribution in [0.2, 0.25) is 0 Å². The molecule has 8 nitrogen and oxygen atoms in total. The summed E-state index contributed by atoms with van der Waals surface area (Å²) in [6, 6.07) is 22.5. The first-order valence-corrected chi connectivity index (χ1v) is 17.3. The molecule has 4 atom stereocenters. The summed E-state index contributed by atoms with van der Waals surface area (Å²) in [5.74, 6) is -2.81. The predicted octanol–water partition coefficient (Wildman–Crippen LogP) is 7.97. The lowest BCUT2D eigenvalue weighted by atomic mass is 9.95. The summed E-state index contributed by atoms with van der Waals surface area (Å²) >= 11 is 0. The second-order valence-corrected chi connectivity index (χ2v) is 13.0. The highest BCUT2D eigenvalue weighted by molar-refractivity contribution is 8.76. The van der Waals surface area contributed by atoms with Crippen molar-refractivity contribution in [2.75, 3.05) is 4.90 Å². The Morgan fingerprint density at radius 2 is 1.28 bits per heavy atom. The molecule has 0 radical (unpaired) electrons. The molecule has 0 aliphatic heterocycles. The number of amides is 2. The number of aliphatic carboxylic acids is 2. The molecule has 46 heavy (non-hydrogen) atoms. The van der Waals surface area contributed by atoms with Gasteiger partial charge >= 0.3 is 11.9 Å². The molecule has 3 rings (SSSR count). The third-order valence-corrected chi connectivity index (χ3v) is 10.2. The average Bonchev–Trinajstić information content (AvgIpc) is 3.07.